The van der Waals surface area contributed by atoms with Gasteiger partial charge in [-0.05, 0) is 43.7 Å². The number of nitrogens with one attached hydrogen (secondary N) is 1. The smallest absolute Gasteiger partial charge is 0.224 e. The monoisotopic (exact) mass is 367 g/mol. The van der Waals surface area contributed by atoms with Crippen LogP contribution in [-0.4, -0.2) is 50.1 Å². The van der Waals surface area contributed by atoms with Gasteiger partial charge < -0.3 is 19.9 Å². The van der Waals surface area contributed by atoms with E-state index in [9.17, 15) is 4.79 Å². The number of nitrogens with zero attached hydrogens (tertiary/aromatic N) is 2. The Labute approximate surface area is 161 Å². The quantitative estimate of drug-likeness (QED) is 0.813. The van der Waals surface area contributed by atoms with Crippen molar-refractivity contribution in [2.75, 3.05) is 49.5 Å². The molecule has 3 rings (SSSR count). The number of rotatable bonds is 7. The Morgan fingerprint density at radius 2 is 1.85 bits per heavy atom. The van der Waals surface area contributed by atoms with Crippen LogP contribution >= 0.6 is 0 Å². The minimum Gasteiger partial charge on any atom is -0.492 e. The van der Waals surface area contributed by atoms with E-state index in [-0.39, 0.29) is 5.91 Å². The number of carbonyl (C=O) groups is 1. The number of hydrogen-bond acceptors (Lipinski definition) is 4. The van der Waals surface area contributed by atoms with Gasteiger partial charge in [-0.15, -0.1) is 0 Å². The lowest BCUT2D eigenvalue weighted by Crippen LogP contribution is -2.49. The third kappa shape index (κ3) is 5.16. The number of aryl methyl sites for hydroxylation is 1. The molecule has 1 heterocycles. The molecule has 5 nitrogen and oxygen atoms in total. The molecule has 1 aliphatic heterocycles. The van der Waals surface area contributed by atoms with E-state index >= 15 is 0 Å². The highest BCUT2D eigenvalue weighted by molar-refractivity contribution is 5.77. The molecule has 1 fully saturated rings. The molecular weight excluding hydrogens is 338 g/mol. The standard InChI is InChI=1S/C22H29N3O2/c1-3-27-21-10-5-4-9-20(21)23-12-11-22(26)25-15-13-24(14-16-25)19-8-6-7-18(2)17-19/h4-10,17,23H,3,11-16H2,1-2H3. The molecule has 144 valence electrons. The van der Waals surface area contributed by atoms with Gasteiger partial charge in [0.2, 0.25) is 5.91 Å². The summed E-state index contributed by atoms with van der Waals surface area (Å²) in [5.41, 5.74) is 3.46. The van der Waals surface area contributed by atoms with Crippen LogP contribution in [0.15, 0.2) is 48.5 Å². The fourth-order valence-electron chi connectivity index (χ4n) is 3.39. The van der Waals surface area contributed by atoms with Gasteiger partial charge in [0.05, 0.1) is 12.3 Å². The molecule has 2 aromatic carbocycles. The molecule has 0 atom stereocenters. The number of benzene rings is 2. The largest absolute Gasteiger partial charge is 0.492 e. The summed E-state index contributed by atoms with van der Waals surface area (Å²) in [6.45, 7) is 8.65. The van der Waals surface area contributed by atoms with E-state index < -0.39 is 0 Å². The van der Waals surface area contributed by atoms with E-state index in [1.807, 2.05) is 36.1 Å². The molecule has 1 saturated heterocycles. The summed E-state index contributed by atoms with van der Waals surface area (Å²) in [5.74, 6) is 1.04. The zero-order chi connectivity index (χ0) is 19.1. The van der Waals surface area contributed by atoms with Crippen molar-refractivity contribution < 1.29 is 9.53 Å². The molecule has 5 heteroatoms. The van der Waals surface area contributed by atoms with Gasteiger partial charge in [-0.1, -0.05) is 24.3 Å². The number of hydrogen-bond donors (Lipinski definition) is 1. The maximum absolute atomic E-state index is 12.5. The Bertz CT molecular complexity index is 755. The van der Waals surface area contributed by atoms with E-state index in [0.717, 1.165) is 37.6 Å². The summed E-state index contributed by atoms with van der Waals surface area (Å²) in [6.07, 6.45) is 0.491. The number of ether oxygens (including phenoxy) is 1. The predicted octanol–water partition coefficient (Wildman–Crippen LogP) is 3.54. The van der Waals surface area contributed by atoms with Gasteiger partial charge in [0.15, 0.2) is 0 Å². The lowest BCUT2D eigenvalue weighted by Gasteiger charge is -2.36. The summed E-state index contributed by atoms with van der Waals surface area (Å²) in [6, 6.07) is 16.4. The first-order chi connectivity index (χ1) is 13.2. The Hall–Kier alpha value is -2.69. The second-order valence-electron chi connectivity index (χ2n) is 6.81. The second kappa shape index (κ2) is 9.31. The Balaban J connectivity index is 1.45. The van der Waals surface area contributed by atoms with Crippen molar-refractivity contribution in [3.05, 3.63) is 54.1 Å². The summed E-state index contributed by atoms with van der Waals surface area (Å²) in [4.78, 5) is 16.9. The number of para-hydroxylation sites is 2. The van der Waals surface area contributed by atoms with Gasteiger partial charge in [-0.3, -0.25) is 4.79 Å². The molecule has 27 heavy (non-hydrogen) atoms. The normalized spacial score (nSPS) is 14.1. The van der Waals surface area contributed by atoms with Gasteiger partial charge in [0, 0.05) is 44.8 Å². The van der Waals surface area contributed by atoms with Gasteiger partial charge in [0.1, 0.15) is 5.75 Å². The number of amides is 1. The fourth-order valence-corrected chi connectivity index (χ4v) is 3.39. The average Bonchev–Trinajstić information content (AvgIpc) is 2.69. The first-order valence-electron chi connectivity index (χ1n) is 9.72. The molecule has 1 amide bonds. The van der Waals surface area contributed by atoms with Crippen molar-refractivity contribution in [1.29, 1.82) is 0 Å². The first-order valence-corrected chi connectivity index (χ1v) is 9.72. The Kier molecular flexibility index (Phi) is 6.58. The van der Waals surface area contributed by atoms with Gasteiger partial charge in [-0.2, -0.15) is 0 Å². The van der Waals surface area contributed by atoms with Crippen LogP contribution < -0.4 is 15.0 Å². The lowest BCUT2D eigenvalue weighted by molar-refractivity contribution is -0.131. The second-order valence-corrected chi connectivity index (χ2v) is 6.81. The molecule has 0 aliphatic carbocycles. The minimum absolute atomic E-state index is 0.209. The van der Waals surface area contributed by atoms with E-state index in [1.54, 1.807) is 0 Å². The summed E-state index contributed by atoms with van der Waals surface area (Å²) in [5, 5.41) is 3.33. The van der Waals surface area contributed by atoms with E-state index in [0.29, 0.717) is 19.6 Å². The fraction of sp³-hybridized carbons (Fsp3) is 0.409. The molecule has 0 spiro atoms. The van der Waals surface area contributed by atoms with Crippen LogP contribution in [0.3, 0.4) is 0 Å². The minimum atomic E-state index is 0.209. The van der Waals surface area contributed by atoms with Gasteiger partial charge in [0.25, 0.3) is 0 Å². The molecule has 1 aliphatic rings. The molecule has 0 radical (unpaired) electrons. The molecule has 0 bridgehead atoms. The van der Waals surface area contributed by atoms with Crippen LogP contribution in [0.5, 0.6) is 5.75 Å². The topological polar surface area (TPSA) is 44.8 Å². The van der Waals surface area contributed by atoms with Crippen LogP contribution in [0, 0.1) is 6.92 Å². The average molecular weight is 367 g/mol. The molecule has 0 unspecified atom stereocenters. The summed E-state index contributed by atoms with van der Waals surface area (Å²) >= 11 is 0. The molecule has 0 aromatic heterocycles. The zero-order valence-corrected chi connectivity index (χ0v) is 16.3. The van der Waals surface area contributed by atoms with Crippen molar-refractivity contribution in [3.63, 3.8) is 0 Å². The van der Waals surface area contributed by atoms with Gasteiger partial charge in [-0.25, -0.2) is 0 Å². The van der Waals surface area contributed by atoms with Crippen LogP contribution in [-0.2, 0) is 4.79 Å². The number of piperazine rings is 1. The number of carbonyl (C=O) groups excluding carboxylic acids is 1. The maximum atomic E-state index is 12.5. The molecule has 2 aromatic rings. The lowest BCUT2D eigenvalue weighted by atomic mass is 10.2. The Morgan fingerprint density at radius 1 is 1.07 bits per heavy atom. The van der Waals surface area contributed by atoms with E-state index in [2.05, 4.69) is 41.4 Å². The molecular formula is C22H29N3O2. The van der Waals surface area contributed by atoms with Crippen LogP contribution in [0.25, 0.3) is 0 Å². The van der Waals surface area contributed by atoms with Crippen molar-refractivity contribution in [1.82, 2.24) is 4.90 Å². The van der Waals surface area contributed by atoms with E-state index in [4.69, 9.17) is 4.74 Å². The van der Waals surface area contributed by atoms with Crippen LogP contribution in [0.4, 0.5) is 11.4 Å². The highest BCUT2D eigenvalue weighted by Crippen LogP contribution is 2.23. The van der Waals surface area contributed by atoms with Crippen molar-refractivity contribution in [2.45, 2.75) is 20.3 Å². The molecule has 1 N–H and O–H groups in total. The van der Waals surface area contributed by atoms with Crippen molar-refractivity contribution in [3.8, 4) is 5.75 Å². The number of anilines is 2. The highest BCUT2D eigenvalue weighted by Gasteiger charge is 2.21. The Morgan fingerprint density at radius 3 is 2.59 bits per heavy atom. The third-order valence-corrected chi connectivity index (χ3v) is 4.84. The predicted molar refractivity (Wildman–Crippen MR) is 111 cm³/mol. The van der Waals surface area contributed by atoms with Gasteiger partial charge >= 0.3 is 0 Å². The molecule has 0 saturated carbocycles. The first kappa shape index (κ1) is 19.1. The third-order valence-electron chi connectivity index (χ3n) is 4.84. The van der Waals surface area contributed by atoms with Crippen molar-refractivity contribution >= 4 is 17.3 Å². The van der Waals surface area contributed by atoms with Crippen LogP contribution in [0.2, 0.25) is 0 Å². The SMILES string of the molecule is CCOc1ccccc1NCCC(=O)N1CCN(c2cccc(C)c2)CC1. The summed E-state index contributed by atoms with van der Waals surface area (Å²) < 4.78 is 5.61. The summed E-state index contributed by atoms with van der Waals surface area (Å²) in [7, 11) is 0. The van der Waals surface area contributed by atoms with Crippen molar-refractivity contribution in [2.24, 2.45) is 0 Å². The van der Waals surface area contributed by atoms with E-state index in [1.165, 1.54) is 11.3 Å². The maximum Gasteiger partial charge on any atom is 0.224 e. The van der Waals surface area contributed by atoms with Crippen LogP contribution in [0.1, 0.15) is 18.9 Å². The zero-order valence-electron chi connectivity index (χ0n) is 16.3. The highest BCUT2D eigenvalue weighted by atomic mass is 16.5.